The summed E-state index contributed by atoms with van der Waals surface area (Å²) >= 11 is 0. The third-order valence-electron chi connectivity index (χ3n) is 5.43. The van der Waals surface area contributed by atoms with Crippen LogP contribution in [-0.4, -0.2) is 19.0 Å². The number of fused-ring (bicyclic) bond motifs is 1. The first-order valence-electron chi connectivity index (χ1n) is 9.77. The summed E-state index contributed by atoms with van der Waals surface area (Å²) in [5.74, 6) is 0. The lowest BCUT2D eigenvalue weighted by Crippen LogP contribution is -2.38. The molecule has 1 atom stereocenters. The zero-order valence-corrected chi connectivity index (χ0v) is 18.4. The first kappa shape index (κ1) is 21.1. The van der Waals surface area contributed by atoms with Crippen LogP contribution in [-0.2, 0) is 16.6 Å². The second-order valence-corrected chi connectivity index (χ2v) is 9.31. The molecule has 0 radical (unpaired) electrons. The van der Waals surface area contributed by atoms with Gasteiger partial charge in [0.2, 0.25) is 10.0 Å². The van der Waals surface area contributed by atoms with Crippen molar-refractivity contribution in [1.29, 1.82) is 5.26 Å². The molecule has 0 aliphatic rings. The lowest BCUT2D eigenvalue weighted by molar-refractivity contribution is 0.487. The molecule has 1 unspecified atom stereocenters. The quantitative estimate of drug-likeness (QED) is 0.651. The number of nitrogens with zero attached hydrogens (tertiary/aromatic N) is 2. The Morgan fingerprint density at radius 2 is 1.72 bits per heavy atom. The van der Waals surface area contributed by atoms with Gasteiger partial charge in [0.15, 0.2) is 0 Å². The van der Waals surface area contributed by atoms with Gasteiger partial charge in [0.1, 0.15) is 6.07 Å². The van der Waals surface area contributed by atoms with E-state index in [2.05, 4.69) is 10.8 Å². The number of sulfonamides is 1. The average Bonchev–Trinajstić information content (AvgIpc) is 2.91. The predicted molar refractivity (Wildman–Crippen MR) is 116 cm³/mol. The minimum absolute atomic E-state index is 0.291. The molecular weight excluding hydrogens is 382 g/mol. The largest absolute Gasteiger partial charge is 0.342 e. The van der Waals surface area contributed by atoms with Gasteiger partial charge >= 0.3 is 0 Å². The Kier molecular flexibility index (Phi) is 5.83. The van der Waals surface area contributed by atoms with E-state index >= 15 is 0 Å². The molecule has 0 aliphatic heterocycles. The Labute approximate surface area is 173 Å². The van der Waals surface area contributed by atoms with Gasteiger partial charge in [-0.3, -0.25) is 0 Å². The van der Waals surface area contributed by atoms with Gasteiger partial charge in [0, 0.05) is 29.2 Å². The van der Waals surface area contributed by atoms with E-state index in [4.69, 9.17) is 0 Å². The van der Waals surface area contributed by atoms with Crippen molar-refractivity contribution in [2.45, 2.75) is 58.5 Å². The van der Waals surface area contributed by atoms with E-state index < -0.39 is 10.0 Å². The number of nitriles is 1. The summed E-state index contributed by atoms with van der Waals surface area (Å²) in [5, 5.41) is 10.5. The third-order valence-corrected chi connectivity index (χ3v) is 7.26. The van der Waals surface area contributed by atoms with E-state index in [1.54, 1.807) is 0 Å². The lowest BCUT2D eigenvalue weighted by Gasteiger charge is -2.21. The van der Waals surface area contributed by atoms with Crippen LogP contribution in [0.5, 0.6) is 0 Å². The van der Waals surface area contributed by atoms with Crippen LogP contribution in [0, 0.1) is 39.0 Å². The maximum atomic E-state index is 13.2. The van der Waals surface area contributed by atoms with Crippen LogP contribution in [0.1, 0.15) is 41.3 Å². The van der Waals surface area contributed by atoms with Gasteiger partial charge in [-0.2, -0.15) is 5.26 Å². The fourth-order valence-electron chi connectivity index (χ4n) is 4.15. The van der Waals surface area contributed by atoms with Gasteiger partial charge in [-0.15, -0.1) is 0 Å². The van der Waals surface area contributed by atoms with E-state index in [0.29, 0.717) is 23.4 Å². The first-order valence-corrected chi connectivity index (χ1v) is 11.3. The topological polar surface area (TPSA) is 74.9 Å². The molecule has 152 valence electrons. The van der Waals surface area contributed by atoms with Gasteiger partial charge in [-0.05, 0) is 51.3 Å². The molecule has 3 rings (SSSR count). The Hall–Kier alpha value is -2.62. The molecule has 1 N–H and O–H groups in total. The number of nitrogens with one attached hydrogen (secondary N) is 1. The summed E-state index contributed by atoms with van der Waals surface area (Å²) in [5.41, 5.74) is 4.99. The summed E-state index contributed by atoms with van der Waals surface area (Å²) in [6.45, 7) is 9.97. The second-order valence-electron chi connectivity index (χ2n) is 7.65. The molecule has 1 aromatic heterocycles. The van der Waals surface area contributed by atoms with Crippen molar-refractivity contribution in [2.24, 2.45) is 0 Å². The first-order chi connectivity index (χ1) is 13.7. The molecule has 3 aromatic rings. The molecule has 0 amide bonds. The molecule has 6 heteroatoms. The van der Waals surface area contributed by atoms with E-state index in [0.717, 1.165) is 33.3 Å². The fourth-order valence-corrected chi connectivity index (χ4v) is 5.91. The number of rotatable bonds is 6. The zero-order valence-electron chi connectivity index (χ0n) is 17.6. The Morgan fingerprint density at radius 3 is 2.31 bits per heavy atom. The smallest absolute Gasteiger partial charge is 0.241 e. The van der Waals surface area contributed by atoms with Crippen molar-refractivity contribution in [1.82, 2.24) is 9.29 Å². The van der Waals surface area contributed by atoms with E-state index in [1.165, 1.54) is 0 Å². The maximum absolute atomic E-state index is 13.2. The average molecular weight is 410 g/mol. The van der Waals surface area contributed by atoms with Crippen LogP contribution in [0.3, 0.4) is 0 Å². The Morgan fingerprint density at radius 1 is 1.10 bits per heavy atom. The summed E-state index contributed by atoms with van der Waals surface area (Å²) in [4.78, 5) is 0.355. The molecular formula is C23H27N3O2S. The number of hydrogen-bond donors (Lipinski definition) is 1. The van der Waals surface area contributed by atoms with Crippen molar-refractivity contribution >= 4 is 20.9 Å². The predicted octanol–water partition coefficient (Wildman–Crippen LogP) is 4.50. The van der Waals surface area contributed by atoms with Gasteiger partial charge in [0.05, 0.1) is 10.5 Å². The van der Waals surface area contributed by atoms with Crippen LogP contribution in [0.15, 0.2) is 41.3 Å². The van der Waals surface area contributed by atoms with Crippen molar-refractivity contribution in [3.63, 3.8) is 0 Å². The number of benzene rings is 2. The summed E-state index contributed by atoms with van der Waals surface area (Å²) in [6, 6.07) is 13.5. The number of aromatic nitrogens is 1. The van der Waals surface area contributed by atoms with Crippen molar-refractivity contribution in [3.8, 4) is 6.07 Å². The molecule has 0 saturated carbocycles. The SMILES string of the molecule is CCC(Cn1c(C)c(C#N)c2ccccc21)NS(=O)(=O)c1c(C)cc(C)cc1C. The van der Waals surface area contributed by atoms with Gasteiger partial charge in [0.25, 0.3) is 0 Å². The van der Waals surface area contributed by atoms with E-state index in [9.17, 15) is 13.7 Å². The molecule has 0 aliphatic carbocycles. The van der Waals surface area contributed by atoms with Crippen molar-refractivity contribution in [3.05, 3.63) is 64.3 Å². The van der Waals surface area contributed by atoms with Crippen LogP contribution < -0.4 is 4.72 Å². The Bertz CT molecular complexity index is 1190. The minimum atomic E-state index is -3.66. The minimum Gasteiger partial charge on any atom is -0.342 e. The molecule has 0 bridgehead atoms. The van der Waals surface area contributed by atoms with Crippen LogP contribution in [0.2, 0.25) is 0 Å². The highest BCUT2D eigenvalue weighted by Crippen LogP contribution is 2.26. The van der Waals surface area contributed by atoms with Crippen molar-refractivity contribution < 1.29 is 8.42 Å². The molecule has 0 spiro atoms. The molecule has 2 aromatic carbocycles. The molecule has 5 nitrogen and oxygen atoms in total. The van der Waals surface area contributed by atoms with Gasteiger partial charge in [-0.25, -0.2) is 13.1 Å². The zero-order chi connectivity index (χ0) is 21.3. The molecule has 0 saturated heterocycles. The summed E-state index contributed by atoms with van der Waals surface area (Å²) in [7, 11) is -3.66. The number of hydrogen-bond acceptors (Lipinski definition) is 3. The highest BCUT2D eigenvalue weighted by molar-refractivity contribution is 7.89. The second kappa shape index (κ2) is 8.02. The number of aryl methyl sites for hydroxylation is 3. The fraction of sp³-hybridized carbons (Fsp3) is 0.348. The van der Waals surface area contributed by atoms with Crippen LogP contribution in [0.4, 0.5) is 0 Å². The summed E-state index contributed by atoms with van der Waals surface area (Å²) < 4.78 is 31.3. The molecule has 29 heavy (non-hydrogen) atoms. The number of para-hydroxylation sites is 1. The highest BCUT2D eigenvalue weighted by Gasteiger charge is 2.24. The van der Waals surface area contributed by atoms with Crippen LogP contribution in [0.25, 0.3) is 10.9 Å². The molecule has 1 heterocycles. The highest BCUT2D eigenvalue weighted by atomic mass is 32.2. The Balaban J connectivity index is 1.98. The van der Waals surface area contributed by atoms with E-state index in [1.807, 2.05) is 75.6 Å². The van der Waals surface area contributed by atoms with Gasteiger partial charge in [-0.1, -0.05) is 42.8 Å². The van der Waals surface area contributed by atoms with Crippen LogP contribution >= 0.6 is 0 Å². The maximum Gasteiger partial charge on any atom is 0.241 e. The van der Waals surface area contributed by atoms with Gasteiger partial charge < -0.3 is 4.57 Å². The normalized spacial score (nSPS) is 12.8. The lowest BCUT2D eigenvalue weighted by atomic mass is 10.1. The van der Waals surface area contributed by atoms with E-state index in [-0.39, 0.29) is 6.04 Å². The third kappa shape index (κ3) is 3.93. The standard InChI is InChI=1S/C23H27N3O2S/c1-6-19(25-29(27,28)23-16(3)11-15(2)12-17(23)4)14-26-18(5)21(13-24)20-9-7-8-10-22(20)26/h7-12,19,25H,6,14H2,1-5H3. The summed E-state index contributed by atoms with van der Waals surface area (Å²) in [6.07, 6.45) is 0.636. The van der Waals surface area contributed by atoms with Crippen molar-refractivity contribution in [2.75, 3.05) is 0 Å². The monoisotopic (exact) mass is 409 g/mol. The molecule has 0 fully saturated rings.